The van der Waals surface area contributed by atoms with E-state index in [4.69, 9.17) is 0 Å². The summed E-state index contributed by atoms with van der Waals surface area (Å²) in [5.74, 6) is -0.464. The topological polar surface area (TPSA) is 101 Å². The van der Waals surface area contributed by atoms with E-state index in [1.807, 2.05) is 37.3 Å². The Morgan fingerprint density at radius 1 is 1.12 bits per heavy atom. The van der Waals surface area contributed by atoms with Gasteiger partial charge in [0.15, 0.2) is 0 Å². The van der Waals surface area contributed by atoms with Crippen molar-refractivity contribution in [1.82, 2.24) is 13.9 Å². The summed E-state index contributed by atoms with van der Waals surface area (Å²) >= 11 is 1.44. The Labute approximate surface area is 201 Å². The zero-order chi connectivity index (χ0) is 24.6. The van der Waals surface area contributed by atoms with E-state index >= 15 is 0 Å². The van der Waals surface area contributed by atoms with Crippen molar-refractivity contribution in [3.05, 3.63) is 75.7 Å². The fourth-order valence-corrected chi connectivity index (χ4v) is 5.86. The van der Waals surface area contributed by atoms with Gasteiger partial charge in [0.2, 0.25) is 15.9 Å². The summed E-state index contributed by atoms with van der Waals surface area (Å²) < 4.78 is 27.5. The van der Waals surface area contributed by atoms with Gasteiger partial charge in [0.05, 0.1) is 16.6 Å². The predicted octanol–water partition coefficient (Wildman–Crippen LogP) is 3.63. The molecule has 1 amide bonds. The van der Waals surface area contributed by atoms with Gasteiger partial charge in [-0.2, -0.15) is 0 Å². The molecule has 10 heteroatoms. The van der Waals surface area contributed by atoms with E-state index in [1.54, 1.807) is 19.1 Å². The fraction of sp³-hybridized carbons (Fsp3) is 0.208. The van der Waals surface area contributed by atoms with E-state index in [9.17, 15) is 18.0 Å². The summed E-state index contributed by atoms with van der Waals surface area (Å²) in [5, 5.41) is 3.17. The monoisotopic (exact) mass is 496 g/mol. The lowest BCUT2D eigenvalue weighted by molar-refractivity contribution is -0.116. The first-order valence-corrected chi connectivity index (χ1v) is 12.7. The second-order valence-electron chi connectivity index (χ2n) is 8.07. The fourth-order valence-electron chi connectivity index (χ4n) is 3.71. The Bertz CT molecular complexity index is 1560. The van der Waals surface area contributed by atoms with Crippen LogP contribution in [0.25, 0.3) is 21.3 Å². The second kappa shape index (κ2) is 9.13. The Balaban J connectivity index is 1.65. The Morgan fingerprint density at radius 2 is 1.82 bits per heavy atom. The number of hydrogen-bond acceptors (Lipinski definition) is 6. The molecule has 0 saturated carbocycles. The summed E-state index contributed by atoms with van der Waals surface area (Å²) in [6.07, 6.45) is 1.37. The lowest BCUT2D eigenvalue weighted by atomic mass is 10.0. The molecule has 0 fully saturated rings. The molecule has 4 rings (SSSR count). The van der Waals surface area contributed by atoms with Crippen LogP contribution in [-0.2, 0) is 21.4 Å². The highest BCUT2D eigenvalue weighted by atomic mass is 32.2. The molecule has 0 saturated heterocycles. The van der Waals surface area contributed by atoms with Crippen LogP contribution in [0.15, 0.2) is 64.5 Å². The highest BCUT2D eigenvalue weighted by molar-refractivity contribution is 7.89. The molecule has 0 aliphatic rings. The maximum absolute atomic E-state index is 13.3. The van der Waals surface area contributed by atoms with Gasteiger partial charge >= 0.3 is 0 Å². The molecule has 0 aliphatic carbocycles. The Morgan fingerprint density at radius 3 is 2.50 bits per heavy atom. The first-order chi connectivity index (χ1) is 16.1. The van der Waals surface area contributed by atoms with Crippen molar-refractivity contribution in [3.8, 4) is 11.1 Å². The second-order valence-corrected chi connectivity index (χ2v) is 11.4. The normalized spacial score (nSPS) is 11.8. The molecule has 0 radical (unpaired) electrons. The number of benzene rings is 2. The minimum absolute atomic E-state index is 0.108. The van der Waals surface area contributed by atoms with Crippen molar-refractivity contribution in [2.75, 3.05) is 19.4 Å². The third-order valence-electron chi connectivity index (χ3n) is 5.46. The van der Waals surface area contributed by atoms with Crippen LogP contribution in [0.1, 0.15) is 10.4 Å². The lowest BCUT2D eigenvalue weighted by Gasteiger charge is -2.15. The molecule has 2 aromatic heterocycles. The van der Waals surface area contributed by atoms with E-state index in [-0.39, 0.29) is 17.0 Å². The van der Waals surface area contributed by atoms with Gasteiger partial charge in [0, 0.05) is 30.2 Å². The molecule has 0 bridgehead atoms. The van der Waals surface area contributed by atoms with Crippen LogP contribution in [-0.4, -0.2) is 42.3 Å². The van der Waals surface area contributed by atoms with Crippen molar-refractivity contribution in [1.29, 1.82) is 0 Å². The molecule has 2 aromatic carbocycles. The van der Waals surface area contributed by atoms with Crippen molar-refractivity contribution >= 4 is 43.2 Å². The van der Waals surface area contributed by atoms with E-state index in [2.05, 4.69) is 10.3 Å². The average Bonchev–Trinajstić information content (AvgIpc) is 3.14. The van der Waals surface area contributed by atoms with Gasteiger partial charge < -0.3 is 5.32 Å². The number of hydrogen-bond donors (Lipinski definition) is 1. The average molecular weight is 497 g/mol. The first-order valence-electron chi connectivity index (χ1n) is 10.5. The number of nitrogens with zero attached hydrogens (tertiary/aromatic N) is 3. The number of aryl methyl sites for hydroxylation is 2. The molecule has 1 N–H and O–H groups in total. The number of rotatable bonds is 6. The maximum Gasteiger partial charge on any atom is 0.263 e. The highest BCUT2D eigenvalue weighted by Gasteiger charge is 2.21. The number of fused-ring (bicyclic) bond motifs is 1. The summed E-state index contributed by atoms with van der Waals surface area (Å²) in [6, 6.07) is 14.3. The van der Waals surface area contributed by atoms with Crippen LogP contribution >= 0.6 is 11.3 Å². The molecule has 4 aromatic rings. The van der Waals surface area contributed by atoms with Crippen LogP contribution in [0.3, 0.4) is 0 Å². The van der Waals surface area contributed by atoms with Crippen molar-refractivity contribution in [3.63, 3.8) is 0 Å². The summed E-state index contributed by atoms with van der Waals surface area (Å²) in [5.41, 5.74) is 2.34. The van der Waals surface area contributed by atoms with Crippen LogP contribution in [0, 0.1) is 13.8 Å². The number of aromatic nitrogens is 2. The van der Waals surface area contributed by atoms with Gasteiger partial charge in [-0.05, 0) is 37.1 Å². The summed E-state index contributed by atoms with van der Waals surface area (Å²) in [7, 11) is -0.767. The first kappa shape index (κ1) is 23.8. The zero-order valence-electron chi connectivity index (χ0n) is 19.2. The summed E-state index contributed by atoms with van der Waals surface area (Å²) in [6.45, 7) is 3.38. The van der Waals surface area contributed by atoms with E-state index < -0.39 is 15.9 Å². The SMILES string of the molecule is Cc1ccc(NC(=O)Cn2cnc3sc(C)c(-c4ccccc4)c3c2=O)cc1S(=O)(=O)N(C)C. The molecule has 34 heavy (non-hydrogen) atoms. The van der Waals surface area contributed by atoms with Gasteiger partial charge in [0.1, 0.15) is 11.4 Å². The van der Waals surface area contributed by atoms with Crippen LogP contribution < -0.4 is 10.9 Å². The Hall–Kier alpha value is -3.34. The third kappa shape index (κ3) is 4.39. The maximum atomic E-state index is 13.3. The molecule has 176 valence electrons. The molecule has 0 spiro atoms. The lowest BCUT2D eigenvalue weighted by Crippen LogP contribution is -2.28. The molecule has 2 heterocycles. The number of anilines is 1. The van der Waals surface area contributed by atoms with Crippen LogP contribution in [0.5, 0.6) is 0 Å². The van der Waals surface area contributed by atoms with Crippen LogP contribution in [0.2, 0.25) is 0 Å². The molecule has 0 unspecified atom stereocenters. The number of carbonyl (C=O) groups is 1. The van der Waals surface area contributed by atoms with E-state index in [0.29, 0.717) is 21.5 Å². The zero-order valence-corrected chi connectivity index (χ0v) is 20.8. The largest absolute Gasteiger partial charge is 0.324 e. The number of sulfonamides is 1. The summed E-state index contributed by atoms with van der Waals surface area (Å²) in [4.78, 5) is 32.2. The predicted molar refractivity (Wildman–Crippen MR) is 135 cm³/mol. The smallest absolute Gasteiger partial charge is 0.263 e. The number of thiophene rings is 1. The standard InChI is InChI=1S/C24H24N4O4S2/c1-15-10-11-18(12-19(15)34(31,32)27(3)4)26-20(29)13-28-14-25-23-22(24(28)30)21(16(2)33-23)17-8-6-5-7-9-17/h5-12,14H,13H2,1-4H3,(H,26,29). The van der Waals surface area contributed by atoms with Crippen LogP contribution in [0.4, 0.5) is 5.69 Å². The van der Waals surface area contributed by atoms with Crippen molar-refractivity contribution < 1.29 is 13.2 Å². The van der Waals surface area contributed by atoms with Gasteiger partial charge in [-0.3, -0.25) is 14.2 Å². The molecule has 0 atom stereocenters. The quantitative estimate of drug-likeness (QED) is 0.439. The van der Waals surface area contributed by atoms with E-state index in [0.717, 1.165) is 20.3 Å². The van der Waals surface area contributed by atoms with Crippen molar-refractivity contribution in [2.45, 2.75) is 25.3 Å². The minimum atomic E-state index is -3.67. The molecule has 8 nitrogen and oxygen atoms in total. The third-order valence-corrected chi connectivity index (χ3v) is 8.43. The van der Waals surface area contributed by atoms with E-state index in [1.165, 1.54) is 42.4 Å². The van der Waals surface area contributed by atoms with Gasteiger partial charge in [-0.25, -0.2) is 17.7 Å². The van der Waals surface area contributed by atoms with Gasteiger partial charge in [-0.15, -0.1) is 11.3 Å². The molecular weight excluding hydrogens is 472 g/mol. The molecular formula is C24H24N4O4S2. The minimum Gasteiger partial charge on any atom is -0.324 e. The number of carbonyl (C=O) groups excluding carboxylic acids is 1. The Kier molecular flexibility index (Phi) is 6.39. The number of amides is 1. The van der Waals surface area contributed by atoms with Crippen molar-refractivity contribution in [2.24, 2.45) is 0 Å². The highest BCUT2D eigenvalue weighted by Crippen LogP contribution is 2.35. The van der Waals surface area contributed by atoms with Gasteiger partial charge in [-0.1, -0.05) is 36.4 Å². The molecule has 0 aliphatic heterocycles. The van der Waals surface area contributed by atoms with Gasteiger partial charge in [0.25, 0.3) is 5.56 Å². The number of nitrogens with one attached hydrogen (secondary N) is 1.